The van der Waals surface area contributed by atoms with Crippen molar-refractivity contribution < 1.29 is 24.1 Å². The monoisotopic (exact) mass is 357 g/mol. The number of benzene rings is 2. The SMILES string of the molecule is COc1ccc2c(c1CN)Oc1c(ccc(OC)c1CC(=O)O)C2(C)C. The first-order valence-electron chi connectivity index (χ1n) is 8.35. The first kappa shape index (κ1) is 18.1. The summed E-state index contributed by atoms with van der Waals surface area (Å²) in [5.41, 5.74) is 8.73. The van der Waals surface area contributed by atoms with Gasteiger partial charge in [0.05, 0.1) is 26.2 Å². The molecule has 3 N–H and O–H groups in total. The Morgan fingerprint density at radius 3 is 2.00 bits per heavy atom. The van der Waals surface area contributed by atoms with E-state index in [1.54, 1.807) is 13.2 Å². The Morgan fingerprint density at radius 1 is 1.04 bits per heavy atom. The van der Waals surface area contributed by atoms with E-state index in [4.69, 9.17) is 19.9 Å². The van der Waals surface area contributed by atoms with Crippen LogP contribution in [-0.2, 0) is 23.2 Å². The van der Waals surface area contributed by atoms with Crippen LogP contribution in [0, 0.1) is 0 Å². The molecule has 2 aromatic carbocycles. The average molecular weight is 357 g/mol. The predicted octanol–water partition coefficient (Wildman–Crippen LogP) is 3.22. The minimum Gasteiger partial charge on any atom is -0.496 e. The topological polar surface area (TPSA) is 91.0 Å². The molecule has 0 bridgehead atoms. The molecular weight excluding hydrogens is 334 g/mol. The standard InChI is InChI=1S/C20H23NO5/c1-20(2)13-5-7-15(24-3)11(9-17(22)23)18(13)26-19-12(10-21)16(25-4)8-6-14(19)20/h5-8H,9-10,21H2,1-4H3,(H,22,23). The van der Waals surface area contributed by atoms with Gasteiger partial charge in [-0.2, -0.15) is 0 Å². The molecule has 26 heavy (non-hydrogen) atoms. The Bertz CT molecular complexity index is 873. The van der Waals surface area contributed by atoms with Crippen molar-refractivity contribution in [1.82, 2.24) is 0 Å². The molecule has 0 atom stereocenters. The molecule has 0 unspecified atom stereocenters. The molecule has 1 aliphatic rings. The molecule has 0 aliphatic carbocycles. The number of methoxy groups -OCH3 is 2. The van der Waals surface area contributed by atoms with E-state index in [-0.39, 0.29) is 13.0 Å². The summed E-state index contributed by atoms with van der Waals surface area (Å²) in [4.78, 5) is 11.4. The fourth-order valence-electron chi connectivity index (χ4n) is 3.58. The fraction of sp³-hybridized carbons (Fsp3) is 0.350. The highest BCUT2D eigenvalue weighted by Gasteiger charge is 2.38. The van der Waals surface area contributed by atoms with E-state index in [0.29, 0.717) is 28.6 Å². The zero-order chi connectivity index (χ0) is 19.1. The van der Waals surface area contributed by atoms with Gasteiger partial charge in [0.25, 0.3) is 0 Å². The van der Waals surface area contributed by atoms with Gasteiger partial charge in [0.15, 0.2) is 0 Å². The Labute approximate surface area is 152 Å². The lowest BCUT2D eigenvalue weighted by molar-refractivity contribution is -0.136. The van der Waals surface area contributed by atoms with Crippen LogP contribution in [0.25, 0.3) is 0 Å². The van der Waals surface area contributed by atoms with Crippen LogP contribution in [0.3, 0.4) is 0 Å². The number of carbonyl (C=O) groups is 1. The van der Waals surface area contributed by atoms with Gasteiger partial charge in [0, 0.05) is 28.7 Å². The summed E-state index contributed by atoms with van der Waals surface area (Å²) < 4.78 is 17.0. The highest BCUT2D eigenvalue weighted by atomic mass is 16.5. The third-order valence-electron chi connectivity index (χ3n) is 4.96. The first-order valence-corrected chi connectivity index (χ1v) is 8.35. The van der Waals surface area contributed by atoms with Gasteiger partial charge >= 0.3 is 5.97 Å². The highest BCUT2D eigenvalue weighted by Crippen LogP contribution is 2.53. The van der Waals surface area contributed by atoms with E-state index >= 15 is 0 Å². The summed E-state index contributed by atoms with van der Waals surface area (Å²) in [6, 6.07) is 7.57. The van der Waals surface area contributed by atoms with Gasteiger partial charge in [-0.1, -0.05) is 26.0 Å². The number of aliphatic carboxylic acids is 1. The maximum absolute atomic E-state index is 11.4. The molecule has 3 rings (SSSR count). The summed E-state index contributed by atoms with van der Waals surface area (Å²) >= 11 is 0. The van der Waals surface area contributed by atoms with E-state index in [1.807, 2.05) is 18.2 Å². The molecule has 0 fully saturated rings. The van der Waals surface area contributed by atoms with Crippen LogP contribution in [0.5, 0.6) is 23.0 Å². The van der Waals surface area contributed by atoms with Crippen LogP contribution >= 0.6 is 0 Å². The van der Waals surface area contributed by atoms with E-state index in [1.165, 1.54) is 7.11 Å². The van der Waals surface area contributed by atoms with Crippen molar-refractivity contribution in [1.29, 1.82) is 0 Å². The second kappa shape index (κ2) is 6.53. The summed E-state index contributed by atoms with van der Waals surface area (Å²) in [6.07, 6.45) is -0.195. The lowest BCUT2D eigenvalue weighted by Crippen LogP contribution is -2.26. The maximum atomic E-state index is 11.4. The number of carboxylic acid groups (broad SMARTS) is 1. The molecule has 1 aliphatic heterocycles. The maximum Gasteiger partial charge on any atom is 0.308 e. The summed E-state index contributed by atoms with van der Waals surface area (Å²) in [6.45, 7) is 4.41. The molecule has 6 heteroatoms. The Hall–Kier alpha value is -2.73. The van der Waals surface area contributed by atoms with E-state index < -0.39 is 11.4 Å². The molecule has 2 aromatic rings. The number of hydrogen-bond acceptors (Lipinski definition) is 5. The lowest BCUT2D eigenvalue weighted by Gasteiger charge is -2.37. The van der Waals surface area contributed by atoms with Crippen LogP contribution in [0.1, 0.15) is 36.1 Å². The minimum absolute atomic E-state index is 0.195. The van der Waals surface area contributed by atoms with Crippen molar-refractivity contribution in [3.8, 4) is 23.0 Å². The molecule has 6 nitrogen and oxygen atoms in total. The summed E-state index contributed by atoms with van der Waals surface area (Å²) in [5.74, 6) is 1.33. The number of carboxylic acids is 1. The average Bonchev–Trinajstić information content (AvgIpc) is 2.60. The molecule has 0 saturated heterocycles. The molecule has 1 heterocycles. The van der Waals surface area contributed by atoms with Gasteiger partial charge in [0.1, 0.15) is 23.0 Å². The van der Waals surface area contributed by atoms with E-state index in [0.717, 1.165) is 16.7 Å². The molecular formula is C20H23NO5. The van der Waals surface area contributed by atoms with Gasteiger partial charge in [-0.25, -0.2) is 0 Å². The molecule has 0 spiro atoms. The van der Waals surface area contributed by atoms with Crippen molar-refractivity contribution in [2.45, 2.75) is 32.2 Å². The van der Waals surface area contributed by atoms with Gasteiger partial charge < -0.3 is 25.1 Å². The normalized spacial score (nSPS) is 14.0. The molecule has 0 radical (unpaired) electrons. The van der Waals surface area contributed by atoms with Crippen molar-refractivity contribution >= 4 is 5.97 Å². The van der Waals surface area contributed by atoms with Crippen molar-refractivity contribution in [3.05, 3.63) is 46.5 Å². The Kier molecular flexibility index (Phi) is 4.54. The van der Waals surface area contributed by atoms with Gasteiger partial charge in [0.2, 0.25) is 0 Å². The van der Waals surface area contributed by atoms with Crippen LogP contribution < -0.4 is 19.9 Å². The fourth-order valence-corrected chi connectivity index (χ4v) is 3.58. The first-order chi connectivity index (χ1) is 12.3. The third kappa shape index (κ3) is 2.66. The number of fused-ring (bicyclic) bond motifs is 2. The largest absolute Gasteiger partial charge is 0.496 e. The number of rotatable bonds is 5. The van der Waals surface area contributed by atoms with Crippen molar-refractivity contribution in [3.63, 3.8) is 0 Å². The molecule has 0 aromatic heterocycles. The van der Waals surface area contributed by atoms with E-state index in [2.05, 4.69) is 13.8 Å². The second-order valence-corrected chi connectivity index (χ2v) is 6.75. The van der Waals surface area contributed by atoms with Crippen LogP contribution in [0.2, 0.25) is 0 Å². The molecule has 0 amide bonds. The minimum atomic E-state index is -0.950. The lowest BCUT2D eigenvalue weighted by atomic mass is 9.74. The van der Waals surface area contributed by atoms with Crippen molar-refractivity contribution in [2.24, 2.45) is 5.73 Å². The molecule has 138 valence electrons. The van der Waals surface area contributed by atoms with Crippen molar-refractivity contribution in [2.75, 3.05) is 14.2 Å². The number of ether oxygens (including phenoxy) is 3. The zero-order valence-corrected chi connectivity index (χ0v) is 15.4. The van der Waals surface area contributed by atoms with E-state index in [9.17, 15) is 9.90 Å². The molecule has 0 saturated carbocycles. The zero-order valence-electron chi connectivity index (χ0n) is 15.4. The second-order valence-electron chi connectivity index (χ2n) is 6.75. The van der Waals surface area contributed by atoms with Crippen LogP contribution in [0.15, 0.2) is 24.3 Å². The number of nitrogens with two attached hydrogens (primary N) is 1. The smallest absolute Gasteiger partial charge is 0.308 e. The van der Waals surface area contributed by atoms with Gasteiger partial charge in [-0.3, -0.25) is 4.79 Å². The quantitative estimate of drug-likeness (QED) is 0.854. The highest BCUT2D eigenvalue weighted by molar-refractivity contribution is 5.75. The van der Waals surface area contributed by atoms with Gasteiger partial charge in [-0.05, 0) is 12.1 Å². The predicted molar refractivity (Wildman–Crippen MR) is 97.4 cm³/mol. The third-order valence-corrected chi connectivity index (χ3v) is 4.96. The summed E-state index contributed by atoms with van der Waals surface area (Å²) in [5, 5.41) is 9.35. The van der Waals surface area contributed by atoms with Gasteiger partial charge in [-0.15, -0.1) is 0 Å². The van der Waals surface area contributed by atoms with Crippen LogP contribution in [0.4, 0.5) is 0 Å². The Morgan fingerprint density at radius 2 is 1.54 bits per heavy atom. The van der Waals surface area contributed by atoms with Crippen LogP contribution in [-0.4, -0.2) is 25.3 Å². The Balaban J connectivity index is 2.30. The summed E-state index contributed by atoms with van der Waals surface area (Å²) in [7, 11) is 3.10. The number of hydrogen-bond donors (Lipinski definition) is 2.